The number of rotatable bonds is 7. The highest BCUT2D eigenvalue weighted by Crippen LogP contribution is 2.22. The van der Waals surface area contributed by atoms with Crippen molar-refractivity contribution in [2.45, 2.75) is 45.7 Å². The minimum Gasteiger partial charge on any atom is -0.491 e. The smallest absolute Gasteiger partial charge is 0.309 e. The number of allylic oxidation sites excluding steroid dienone is 2. The predicted molar refractivity (Wildman–Crippen MR) is 131 cm³/mol. The van der Waals surface area contributed by atoms with Crippen molar-refractivity contribution >= 4 is 11.9 Å². The molecule has 2 aromatic rings. The van der Waals surface area contributed by atoms with E-state index in [1.807, 2.05) is 85.5 Å². The van der Waals surface area contributed by atoms with Crippen LogP contribution in [0.4, 0.5) is 0 Å². The van der Waals surface area contributed by atoms with Gasteiger partial charge in [-0.3, -0.25) is 9.59 Å². The molecule has 2 aromatic carbocycles. The van der Waals surface area contributed by atoms with Gasteiger partial charge in [-0.2, -0.15) is 0 Å². The lowest BCUT2D eigenvalue weighted by molar-refractivity contribution is -0.153. The van der Waals surface area contributed by atoms with Crippen molar-refractivity contribution in [2.75, 3.05) is 19.8 Å². The summed E-state index contributed by atoms with van der Waals surface area (Å²) in [5, 5.41) is 8.96. The number of esters is 1. The van der Waals surface area contributed by atoms with Crippen LogP contribution in [0, 0.1) is 11.8 Å². The maximum Gasteiger partial charge on any atom is 0.309 e. The Hall–Kier alpha value is -3.12. The van der Waals surface area contributed by atoms with Crippen molar-refractivity contribution in [3.8, 4) is 5.75 Å². The van der Waals surface area contributed by atoms with Crippen molar-refractivity contribution in [1.29, 1.82) is 0 Å². The molecule has 3 unspecified atom stereocenters. The first kappa shape index (κ1) is 25.5. The lowest BCUT2D eigenvalue weighted by Gasteiger charge is -2.34. The van der Waals surface area contributed by atoms with Crippen LogP contribution in [0.3, 0.4) is 0 Å². The third-order valence-corrected chi connectivity index (χ3v) is 6.06. The Morgan fingerprint density at radius 3 is 2.29 bits per heavy atom. The number of hydrogen-bond acceptors (Lipinski definition) is 5. The molecule has 6 heteroatoms. The molecular weight excluding hydrogens is 430 g/mol. The quantitative estimate of drug-likeness (QED) is 0.491. The van der Waals surface area contributed by atoms with Gasteiger partial charge in [0.15, 0.2) is 0 Å². The van der Waals surface area contributed by atoms with E-state index in [0.29, 0.717) is 31.6 Å². The lowest BCUT2D eigenvalue weighted by atomic mass is 9.99. The first-order chi connectivity index (χ1) is 16.5. The Labute approximate surface area is 202 Å². The molecular formula is C28H35NO5. The Morgan fingerprint density at radius 1 is 0.941 bits per heavy atom. The summed E-state index contributed by atoms with van der Waals surface area (Å²) in [5.41, 5.74) is 2.04. The molecule has 3 atom stereocenters. The molecule has 6 nitrogen and oxygen atoms in total. The van der Waals surface area contributed by atoms with Gasteiger partial charge in [-0.1, -0.05) is 68.5 Å². The fraction of sp³-hybridized carbons (Fsp3) is 0.429. The summed E-state index contributed by atoms with van der Waals surface area (Å²) in [4.78, 5) is 28.0. The minimum absolute atomic E-state index is 0.0378. The summed E-state index contributed by atoms with van der Waals surface area (Å²) < 4.78 is 11.2. The van der Waals surface area contributed by atoms with Crippen molar-refractivity contribution < 1.29 is 24.2 Å². The zero-order valence-electron chi connectivity index (χ0n) is 20.1. The van der Waals surface area contributed by atoms with Crippen LogP contribution in [0.2, 0.25) is 0 Å². The number of nitrogens with zero attached hydrogens (tertiary/aromatic N) is 1. The molecule has 182 valence electrons. The number of benzene rings is 2. The van der Waals surface area contributed by atoms with E-state index < -0.39 is 0 Å². The molecule has 34 heavy (non-hydrogen) atoms. The average molecular weight is 466 g/mol. The number of carbonyl (C=O) groups is 2. The van der Waals surface area contributed by atoms with E-state index in [4.69, 9.17) is 14.6 Å². The highest BCUT2D eigenvalue weighted by Gasteiger charge is 2.29. The molecule has 1 N–H and O–H groups in total. The van der Waals surface area contributed by atoms with Crippen LogP contribution in [0.25, 0.3) is 0 Å². The van der Waals surface area contributed by atoms with Crippen LogP contribution < -0.4 is 4.74 Å². The third kappa shape index (κ3) is 7.45. The molecule has 1 aliphatic heterocycles. The van der Waals surface area contributed by atoms with Crippen molar-refractivity contribution in [3.05, 3.63) is 77.9 Å². The summed E-state index contributed by atoms with van der Waals surface area (Å²) in [6, 6.07) is 17.2. The fourth-order valence-electron chi connectivity index (χ4n) is 3.98. The maximum absolute atomic E-state index is 13.6. The van der Waals surface area contributed by atoms with E-state index in [-0.39, 0.29) is 49.6 Å². The second kappa shape index (κ2) is 12.9. The first-order valence-corrected chi connectivity index (χ1v) is 12.0. The van der Waals surface area contributed by atoms with Crippen LogP contribution in [-0.4, -0.2) is 47.7 Å². The van der Waals surface area contributed by atoms with E-state index in [2.05, 4.69) is 0 Å². The van der Waals surface area contributed by atoms with Gasteiger partial charge >= 0.3 is 5.97 Å². The molecule has 0 radical (unpaired) electrons. The van der Waals surface area contributed by atoms with Gasteiger partial charge < -0.3 is 19.5 Å². The second-order valence-electron chi connectivity index (χ2n) is 8.90. The summed E-state index contributed by atoms with van der Waals surface area (Å²) in [7, 11) is 0. The highest BCUT2D eigenvalue weighted by molar-refractivity contribution is 5.79. The second-order valence-corrected chi connectivity index (χ2v) is 8.90. The average Bonchev–Trinajstić information content (AvgIpc) is 2.86. The zero-order chi connectivity index (χ0) is 24.3. The van der Waals surface area contributed by atoms with E-state index in [1.165, 1.54) is 0 Å². The monoisotopic (exact) mass is 465 g/mol. The Balaban J connectivity index is 1.89. The minimum atomic E-state index is -0.290. The Kier molecular flexibility index (Phi) is 9.71. The van der Waals surface area contributed by atoms with E-state index in [0.717, 1.165) is 11.1 Å². The molecule has 1 heterocycles. The number of aliphatic hydroxyl groups is 1. The summed E-state index contributed by atoms with van der Waals surface area (Å²) >= 11 is 0. The van der Waals surface area contributed by atoms with E-state index in [9.17, 15) is 9.59 Å². The zero-order valence-corrected chi connectivity index (χ0v) is 20.1. The lowest BCUT2D eigenvalue weighted by Crippen LogP contribution is -2.46. The topological polar surface area (TPSA) is 76.1 Å². The standard InChI is InChI=1S/C28H35NO5/c1-21-8-6-7-9-22(2)28(32)34-20-25(18-23-10-4-3-5-11-23)29(27(21)31)19-24-12-14-26(15-13-24)33-17-16-30/h3-7,10-15,21-22,25,30H,8-9,16-20H2,1-2H3. The van der Waals surface area contributed by atoms with Crippen molar-refractivity contribution in [3.63, 3.8) is 0 Å². The van der Waals surface area contributed by atoms with Gasteiger partial charge in [0.1, 0.15) is 19.0 Å². The molecule has 0 bridgehead atoms. The van der Waals surface area contributed by atoms with Gasteiger partial charge in [0.2, 0.25) is 5.91 Å². The van der Waals surface area contributed by atoms with Crippen LogP contribution in [0.1, 0.15) is 37.8 Å². The van der Waals surface area contributed by atoms with E-state index in [1.54, 1.807) is 0 Å². The van der Waals surface area contributed by atoms with Crippen LogP contribution in [-0.2, 0) is 27.3 Å². The number of hydrogen-bond donors (Lipinski definition) is 1. The van der Waals surface area contributed by atoms with Crippen molar-refractivity contribution in [1.82, 2.24) is 4.90 Å². The highest BCUT2D eigenvalue weighted by atomic mass is 16.5. The fourth-order valence-corrected chi connectivity index (χ4v) is 3.98. The Morgan fingerprint density at radius 2 is 1.62 bits per heavy atom. The van der Waals surface area contributed by atoms with Crippen LogP contribution in [0.15, 0.2) is 66.7 Å². The number of cyclic esters (lactones) is 1. The first-order valence-electron chi connectivity index (χ1n) is 12.0. The molecule has 3 rings (SSSR count). The SMILES string of the molecule is CC1CC=CCC(C)C(=O)N(Cc2ccc(OCCO)cc2)C(Cc2ccccc2)COC1=O. The molecule has 1 amide bonds. The molecule has 0 fully saturated rings. The molecule has 0 aromatic heterocycles. The third-order valence-electron chi connectivity index (χ3n) is 6.06. The number of amides is 1. The van der Waals surface area contributed by atoms with Gasteiger partial charge in [-0.05, 0) is 42.5 Å². The van der Waals surface area contributed by atoms with Gasteiger partial charge in [0, 0.05) is 12.5 Å². The number of carbonyl (C=O) groups excluding carboxylic acids is 2. The van der Waals surface area contributed by atoms with Gasteiger partial charge in [-0.25, -0.2) is 0 Å². The maximum atomic E-state index is 13.6. The van der Waals surface area contributed by atoms with Gasteiger partial charge in [0.25, 0.3) is 0 Å². The molecule has 0 aliphatic carbocycles. The molecule has 1 aliphatic rings. The Bertz CT molecular complexity index is 941. The molecule has 0 spiro atoms. The van der Waals surface area contributed by atoms with Crippen LogP contribution >= 0.6 is 0 Å². The van der Waals surface area contributed by atoms with Gasteiger partial charge in [-0.15, -0.1) is 0 Å². The van der Waals surface area contributed by atoms with Crippen LogP contribution in [0.5, 0.6) is 5.75 Å². The summed E-state index contributed by atoms with van der Waals surface area (Å²) in [5.74, 6) is 0.0520. The largest absolute Gasteiger partial charge is 0.491 e. The van der Waals surface area contributed by atoms with Gasteiger partial charge in [0.05, 0.1) is 18.6 Å². The summed E-state index contributed by atoms with van der Waals surface area (Å²) in [6.07, 6.45) is 5.79. The summed E-state index contributed by atoms with van der Waals surface area (Å²) in [6.45, 7) is 4.56. The van der Waals surface area contributed by atoms with Crippen molar-refractivity contribution in [2.24, 2.45) is 11.8 Å². The normalized spacial score (nSPS) is 22.0. The number of aliphatic hydroxyl groups excluding tert-OH is 1. The molecule has 0 saturated heterocycles. The predicted octanol–water partition coefficient (Wildman–Crippen LogP) is 4.16. The number of ether oxygens (including phenoxy) is 2. The molecule has 0 saturated carbocycles. The van der Waals surface area contributed by atoms with E-state index >= 15 is 0 Å².